The van der Waals surface area contributed by atoms with Crippen LogP contribution in [0.4, 0.5) is 0 Å². The fraction of sp³-hybridized carbons (Fsp3) is 0.143. The van der Waals surface area contributed by atoms with Crippen LogP contribution in [-0.2, 0) is 28.8 Å². The Kier molecular flexibility index (Phi) is 5.52. The SMILES string of the molecule is CCS(=O)(=O)ON=C1C=CC(=NOS(=O)(=O)c2ccccc2)C=C1. The van der Waals surface area contributed by atoms with E-state index in [4.69, 9.17) is 0 Å². The third kappa shape index (κ3) is 5.03. The fourth-order valence-corrected chi connectivity index (χ4v) is 2.51. The quantitative estimate of drug-likeness (QED) is 0.555. The van der Waals surface area contributed by atoms with Crippen molar-refractivity contribution >= 4 is 31.7 Å². The predicted molar refractivity (Wildman–Crippen MR) is 88.4 cm³/mol. The smallest absolute Gasteiger partial charge is 0.268 e. The summed E-state index contributed by atoms with van der Waals surface area (Å²) in [7, 11) is -7.68. The molecule has 1 aliphatic rings. The number of nitrogens with zero attached hydrogens (tertiary/aromatic N) is 2. The summed E-state index contributed by atoms with van der Waals surface area (Å²) in [6.45, 7) is 1.43. The van der Waals surface area contributed by atoms with Crippen molar-refractivity contribution in [3.05, 3.63) is 54.6 Å². The van der Waals surface area contributed by atoms with E-state index in [2.05, 4.69) is 18.9 Å². The van der Waals surface area contributed by atoms with Gasteiger partial charge in [0.25, 0.3) is 0 Å². The summed E-state index contributed by atoms with van der Waals surface area (Å²) in [4.78, 5) is -0.0152. The molecule has 0 N–H and O–H groups in total. The lowest BCUT2D eigenvalue weighted by atomic mass is 10.1. The van der Waals surface area contributed by atoms with Gasteiger partial charge in [-0.15, -0.1) is 0 Å². The van der Waals surface area contributed by atoms with Crippen LogP contribution in [0.5, 0.6) is 0 Å². The van der Waals surface area contributed by atoms with E-state index >= 15 is 0 Å². The molecular weight excluding hydrogens is 356 g/mol. The van der Waals surface area contributed by atoms with E-state index in [0.717, 1.165) is 0 Å². The second-order valence-corrected chi connectivity index (χ2v) is 7.83. The first-order chi connectivity index (χ1) is 11.3. The molecule has 1 aliphatic carbocycles. The maximum absolute atomic E-state index is 11.9. The molecule has 0 amide bonds. The summed E-state index contributed by atoms with van der Waals surface area (Å²) in [6, 6.07) is 7.59. The molecule has 0 spiro atoms. The lowest BCUT2D eigenvalue weighted by Crippen LogP contribution is -2.08. The normalized spacial score (nSPS) is 14.4. The van der Waals surface area contributed by atoms with E-state index in [9.17, 15) is 16.8 Å². The zero-order valence-electron chi connectivity index (χ0n) is 12.6. The van der Waals surface area contributed by atoms with Crippen molar-refractivity contribution in [2.24, 2.45) is 10.3 Å². The van der Waals surface area contributed by atoms with Gasteiger partial charge in [0, 0.05) is 0 Å². The van der Waals surface area contributed by atoms with Gasteiger partial charge in [0.05, 0.1) is 5.75 Å². The lowest BCUT2D eigenvalue weighted by Gasteiger charge is -2.04. The highest BCUT2D eigenvalue weighted by Crippen LogP contribution is 2.12. The third-order valence-electron chi connectivity index (χ3n) is 2.73. The van der Waals surface area contributed by atoms with Crippen molar-refractivity contribution in [2.75, 3.05) is 5.75 Å². The highest BCUT2D eigenvalue weighted by atomic mass is 32.2. The van der Waals surface area contributed by atoms with Gasteiger partial charge in [-0.25, -0.2) is 0 Å². The Bertz CT molecular complexity index is 895. The summed E-state index contributed by atoms with van der Waals surface area (Å²) < 4.78 is 55.2. The maximum Gasteiger partial charge on any atom is 0.358 e. The van der Waals surface area contributed by atoms with Crippen LogP contribution in [-0.4, -0.2) is 34.0 Å². The molecule has 0 bridgehead atoms. The number of oxime groups is 2. The molecule has 0 saturated carbocycles. The number of benzene rings is 1. The highest BCUT2D eigenvalue weighted by Gasteiger charge is 2.15. The van der Waals surface area contributed by atoms with Gasteiger partial charge < -0.3 is 0 Å². The topological polar surface area (TPSA) is 111 Å². The Morgan fingerprint density at radius 1 is 0.833 bits per heavy atom. The first-order valence-corrected chi connectivity index (χ1v) is 9.73. The fourth-order valence-electron chi connectivity index (χ4n) is 1.45. The number of hydrogen-bond acceptors (Lipinski definition) is 8. The van der Waals surface area contributed by atoms with Crippen molar-refractivity contribution in [1.29, 1.82) is 0 Å². The van der Waals surface area contributed by atoms with Crippen LogP contribution < -0.4 is 0 Å². The molecule has 8 nitrogen and oxygen atoms in total. The Morgan fingerprint density at radius 2 is 1.33 bits per heavy atom. The molecule has 0 heterocycles. The summed E-state index contributed by atoms with van der Waals surface area (Å²) in [6.07, 6.45) is 5.62. The van der Waals surface area contributed by atoms with Crippen molar-refractivity contribution < 1.29 is 25.4 Å². The standard InChI is InChI=1S/C14H14N2O6S2/c1-2-23(17,18)21-15-12-8-10-13(11-9-12)16-22-24(19,20)14-6-4-3-5-7-14/h3-11H,2H2,1H3. The van der Waals surface area contributed by atoms with Crippen LogP contribution in [0.15, 0.2) is 69.8 Å². The summed E-state index contributed by atoms with van der Waals surface area (Å²) in [5.74, 6) is -0.199. The molecule has 1 aromatic carbocycles. The van der Waals surface area contributed by atoms with Crippen molar-refractivity contribution in [3.8, 4) is 0 Å². The first-order valence-electron chi connectivity index (χ1n) is 6.74. The number of rotatable bonds is 6. The Labute approximate surface area is 140 Å². The predicted octanol–water partition coefficient (Wildman–Crippen LogP) is 1.60. The van der Waals surface area contributed by atoms with Crippen LogP contribution >= 0.6 is 0 Å². The Hall–Kier alpha value is -2.46. The van der Waals surface area contributed by atoms with E-state index in [1.165, 1.54) is 43.4 Å². The van der Waals surface area contributed by atoms with Gasteiger partial charge in [0.15, 0.2) is 0 Å². The van der Waals surface area contributed by atoms with Gasteiger partial charge in [0.2, 0.25) is 0 Å². The molecule has 10 heteroatoms. The number of allylic oxidation sites excluding steroid dienone is 4. The molecule has 24 heavy (non-hydrogen) atoms. The van der Waals surface area contributed by atoms with Crippen molar-refractivity contribution in [3.63, 3.8) is 0 Å². The molecule has 0 atom stereocenters. The molecule has 128 valence electrons. The van der Waals surface area contributed by atoms with Crippen LogP contribution in [0.1, 0.15) is 6.92 Å². The van der Waals surface area contributed by atoms with Crippen molar-refractivity contribution in [1.82, 2.24) is 0 Å². The van der Waals surface area contributed by atoms with E-state index < -0.39 is 20.2 Å². The minimum atomic E-state index is -4.00. The second kappa shape index (κ2) is 7.41. The van der Waals surface area contributed by atoms with E-state index in [1.54, 1.807) is 18.2 Å². The zero-order chi connectivity index (χ0) is 17.6. The average molecular weight is 370 g/mol. The number of hydrogen-bond donors (Lipinski definition) is 0. The third-order valence-corrected chi connectivity index (χ3v) is 4.86. The van der Waals surface area contributed by atoms with Gasteiger partial charge in [-0.05, 0) is 43.4 Å². The van der Waals surface area contributed by atoms with Gasteiger partial charge in [-0.2, -0.15) is 16.8 Å². The molecule has 0 aliphatic heterocycles. The molecule has 0 radical (unpaired) electrons. The van der Waals surface area contributed by atoms with E-state index in [-0.39, 0.29) is 22.1 Å². The summed E-state index contributed by atoms with van der Waals surface area (Å²) in [5.41, 5.74) is 0.448. The first kappa shape index (κ1) is 17.9. The van der Waals surface area contributed by atoms with E-state index in [0.29, 0.717) is 0 Å². The van der Waals surface area contributed by atoms with Gasteiger partial charge in [0.1, 0.15) is 16.3 Å². The van der Waals surface area contributed by atoms with Gasteiger partial charge in [-0.3, -0.25) is 8.57 Å². The van der Waals surface area contributed by atoms with Crippen LogP contribution in [0.2, 0.25) is 0 Å². The zero-order valence-corrected chi connectivity index (χ0v) is 14.2. The molecule has 0 fully saturated rings. The van der Waals surface area contributed by atoms with Gasteiger partial charge >= 0.3 is 20.2 Å². The van der Waals surface area contributed by atoms with Crippen LogP contribution in [0, 0.1) is 0 Å². The molecule has 0 aromatic heterocycles. The van der Waals surface area contributed by atoms with Gasteiger partial charge in [-0.1, -0.05) is 28.5 Å². The molecule has 0 unspecified atom stereocenters. The average Bonchev–Trinajstić information content (AvgIpc) is 2.60. The Morgan fingerprint density at radius 3 is 1.83 bits per heavy atom. The maximum atomic E-state index is 11.9. The van der Waals surface area contributed by atoms with Crippen LogP contribution in [0.3, 0.4) is 0 Å². The largest absolute Gasteiger partial charge is 0.358 e. The molecule has 0 saturated heterocycles. The Balaban J connectivity index is 2.04. The van der Waals surface area contributed by atoms with E-state index in [1.807, 2.05) is 0 Å². The minimum Gasteiger partial charge on any atom is -0.268 e. The second-order valence-electron chi connectivity index (χ2n) is 4.46. The van der Waals surface area contributed by atoms with Crippen LogP contribution in [0.25, 0.3) is 0 Å². The highest BCUT2D eigenvalue weighted by molar-refractivity contribution is 7.87. The summed E-state index contributed by atoms with van der Waals surface area (Å²) in [5, 5.41) is 6.99. The lowest BCUT2D eigenvalue weighted by molar-refractivity contribution is 0.338. The molecule has 1 aromatic rings. The van der Waals surface area contributed by atoms with Crippen molar-refractivity contribution in [2.45, 2.75) is 11.8 Å². The minimum absolute atomic E-state index is 0.0152. The summed E-state index contributed by atoms with van der Waals surface area (Å²) >= 11 is 0. The molecular formula is C14H14N2O6S2. The monoisotopic (exact) mass is 370 g/mol. The molecule has 2 rings (SSSR count).